The summed E-state index contributed by atoms with van der Waals surface area (Å²) in [5, 5.41) is 0. The van der Waals surface area contributed by atoms with Crippen LogP contribution in [0.5, 0.6) is 0 Å². The first kappa shape index (κ1) is 13.8. The maximum atomic E-state index is 12.4. The van der Waals surface area contributed by atoms with E-state index >= 15 is 0 Å². The second kappa shape index (κ2) is 5.86. The van der Waals surface area contributed by atoms with Crippen molar-refractivity contribution in [1.82, 2.24) is 4.98 Å². The molecule has 1 aromatic rings. The number of nitrogens with two attached hydrogens (primary N) is 1. The van der Waals surface area contributed by atoms with Gasteiger partial charge in [0.1, 0.15) is 12.4 Å². The molecule has 17 heavy (non-hydrogen) atoms. The summed E-state index contributed by atoms with van der Waals surface area (Å²) in [5.74, 6) is 0.328. The van der Waals surface area contributed by atoms with Gasteiger partial charge in [-0.2, -0.15) is 13.2 Å². The van der Waals surface area contributed by atoms with Crippen molar-refractivity contribution in [3.63, 3.8) is 0 Å². The average Bonchev–Trinajstić information content (AvgIpc) is 2.27. The number of aromatic nitrogens is 1. The third kappa shape index (κ3) is 4.22. The molecule has 2 N–H and O–H groups in total. The van der Waals surface area contributed by atoms with Crippen molar-refractivity contribution in [2.24, 2.45) is 5.73 Å². The van der Waals surface area contributed by atoms with Crippen molar-refractivity contribution < 1.29 is 13.2 Å². The van der Waals surface area contributed by atoms with E-state index in [4.69, 9.17) is 5.73 Å². The van der Waals surface area contributed by atoms with Crippen LogP contribution in [0.1, 0.15) is 18.9 Å². The Morgan fingerprint density at radius 1 is 1.41 bits per heavy atom. The lowest BCUT2D eigenvalue weighted by molar-refractivity contribution is -0.119. The van der Waals surface area contributed by atoms with Crippen molar-refractivity contribution >= 4 is 5.82 Å². The molecule has 0 aliphatic carbocycles. The molecule has 1 rings (SSSR count). The number of anilines is 1. The van der Waals surface area contributed by atoms with Crippen LogP contribution in [0.3, 0.4) is 0 Å². The van der Waals surface area contributed by atoms with E-state index in [0.717, 1.165) is 0 Å². The quantitative estimate of drug-likeness (QED) is 0.868. The molecule has 0 aliphatic rings. The maximum absolute atomic E-state index is 12.4. The number of hydrogen-bond acceptors (Lipinski definition) is 3. The third-order valence-electron chi connectivity index (χ3n) is 2.25. The van der Waals surface area contributed by atoms with E-state index in [1.165, 1.54) is 11.1 Å². The second-order valence-corrected chi connectivity index (χ2v) is 3.73. The van der Waals surface area contributed by atoms with E-state index in [-0.39, 0.29) is 6.54 Å². The Hall–Kier alpha value is -1.30. The topological polar surface area (TPSA) is 42.2 Å². The number of nitrogens with zero attached hydrogens (tertiary/aromatic N) is 2. The first-order valence-corrected chi connectivity index (χ1v) is 5.43. The van der Waals surface area contributed by atoms with Gasteiger partial charge < -0.3 is 10.6 Å². The van der Waals surface area contributed by atoms with Gasteiger partial charge in [0, 0.05) is 24.8 Å². The average molecular weight is 247 g/mol. The van der Waals surface area contributed by atoms with E-state index in [0.29, 0.717) is 24.3 Å². The predicted molar refractivity (Wildman–Crippen MR) is 60.7 cm³/mol. The highest BCUT2D eigenvalue weighted by atomic mass is 19.4. The van der Waals surface area contributed by atoms with Gasteiger partial charge >= 0.3 is 6.18 Å². The van der Waals surface area contributed by atoms with Gasteiger partial charge in [-0.1, -0.05) is 13.0 Å². The smallest absolute Gasteiger partial charge is 0.347 e. The summed E-state index contributed by atoms with van der Waals surface area (Å²) in [6.07, 6.45) is -2.14. The molecular weight excluding hydrogens is 231 g/mol. The number of pyridine rings is 1. The third-order valence-corrected chi connectivity index (χ3v) is 2.25. The molecular formula is C11H16F3N3. The molecule has 0 bridgehead atoms. The zero-order valence-corrected chi connectivity index (χ0v) is 9.67. The number of hydrogen-bond donors (Lipinski definition) is 1. The molecule has 6 heteroatoms. The maximum Gasteiger partial charge on any atom is 0.405 e. The van der Waals surface area contributed by atoms with Crippen molar-refractivity contribution in [3.05, 3.63) is 23.9 Å². The van der Waals surface area contributed by atoms with Crippen LogP contribution in [0.15, 0.2) is 18.3 Å². The molecule has 0 saturated heterocycles. The molecule has 0 radical (unpaired) electrons. The number of rotatable bonds is 5. The summed E-state index contributed by atoms with van der Waals surface area (Å²) < 4.78 is 37.3. The van der Waals surface area contributed by atoms with Crippen molar-refractivity contribution in [3.8, 4) is 0 Å². The van der Waals surface area contributed by atoms with Gasteiger partial charge in [-0.05, 0) is 12.5 Å². The van der Waals surface area contributed by atoms with E-state index < -0.39 is 12.7 Å². The van der Waals surface area contributed by atoms with Gasteiger partial charge in [0.25, 0.3) is 0 Å². The molecule has 96 valence electrons. The number of halogens is 3. The summed E-state index contributed by atoms with van der Waals surface area (Å²) in [6.45, 7) is 1.32. The van der Waals surface area contributed by atoms with Crippen LogP contribution >= 0.6 is 0 Å². The molecule has 1 aromatic heterocycles. The summed E-state index contributed by atoms with van der Waals surface area (Å²) in [6, 6.07) is 3.37. The SMILES string of the molecule is CCCN(CC(F)(F)F)c1ncccc1CN. The van der Waals surface area contributed by atoms with E-state index in [2.05, 4.69) is 4.98 Å². The molecule has 0 saturated carbocycles. The fourth-order valence-electron chi connectivity index (χ4n) is 1.62. The van der Waals surface area contributed by atoms with Crippen molar-refractivity contribution in [2.45, 2.75) is 26.1 Å². The first-order valence-electron chi connectivity index (χ1n) is 5.43. The van der Waals surface area contributed by atoms with Crippen LogP contribution in [0, 0.1) is 0 Å². The van der Waals surface area contributed by atoms with Crippen LogP contribution in [-0.4, -0.2) is 24.2 Å². The Bertz CT molecular complexity index is 352. The molecule has 0 atom stereocenters. The Morgan fingerprint density at radius 2 is 2.12 bits per heavy atom. The fourth-order valence-corrected chi connectivity index (χ4v) is 1.62. The lowest BCUT2D eigenvalue weighted by Crippen LogP contribution is -2.36. The van der Waals surface area contributed by atoms with E-state index in [1.54, 1.807) is 12.1 Å². The lowest BCUT2D eigenvalue weighted by atomic mass is 10.2. The molecule has 3 nitrogen and oxygen atoms in total. The van der Waals surface area contributed by atoms with Gasteiger partial charge in [-0.25, -0.2) is 4.98 Å². The van der Waals surface area contributed by atoms with Gasteiger partial charge in [0.05, 0.1) is 0 Å². The minimum Gasteiger partial charge on any atom is -0.347 e. The van der Waals surface area contributed by atoms with Crippen molar-refractivity contribution in [2.75, 3.05) is 18.0 Å². The Kier molecular flexibility index (Phi) is 4.74. The molecule has 0 fully saturated rings. The zero-order chi connectivity index (χ0) is 12.9. The molecule has 0 aromatic carbocycles. The molecule has 0 spiro atoms. The summed E-state index contributed by atoms with van der Waals surface area (Å²) in [4.78, 5) is 5.22. The molecule has 0 unspecified atom stereocenters. The highest BCUT2D eigenvalue weighted by Gasteiger charge is 2.31. The van der Waals surface area contributed by atoms with Crippen LogP contribution in [-0.2, 0) is 6.54 Å². The van der Waals surface area contributed by atoms with Gasteiger partial charge in [-0.3, -0.25) is 0 Å². The lowest BCUT2D eigenvalue weighted by Gasteiger charge is -2.26. The highest BCUT2D eigenvalue weighted by Crippen LogP contribution is 2.23. The normalized spacial score (nSPS) is 11.6. The van der Waals surface area contributed by atoms with E-state index in [1.807, 2.05) is 6.92 Å². The monoisotopic (exact) mass is 247 g/mol. The van der Waals surface area contributed by atoms with Crippen molar-refractivity contribution in [1.29, 1.82) is 0 Å². The summed E-state index contributed by atoms with van der Waals surface area (Å²) >= 11 is 0. The molecule has 0 aliphatic heterocycles. The fraction of sp³-hybridized carbons (Fsp3) is 0.545. The van der Waals surface area contributed by atoms with E-state index in [9.17, 15) is 13.2 Å². The van der Waals surface area contributed by atoms with Gasteiger partial charge in [-0.15, -0.1) is 0 Å². The molecule has 0 amide bonds. The highest BCUT2D eigenvalue weighted by molar-refractivity contribution is 5.46. The van der Waals surface area contributed by atoms with Gasteiger partial charge in [0.15, 0.2) is 0 Å². The predicted octanol–water partition coefficient (Wildman–Crippen LogP) is 2.32. The summed E-state index contributed by atoms with van der Waals surface area (Å²) in [5.41, 5.74) is 6.13. The Labute approximate surface area is 98.4 Å². The second-order valence-electron chi connectivity index (χ2n) is 3.73. The summed E-state index contributed by atoms with van der Waals surface area (Å²) in [7, 11) is 0. The van der Waals surface area contributed by atoms with Crippen LogP contribution < -0.4 is 10.6 Å². The standard InChI is InChI=1S/C11H16F3N3/c1-2-6-17(8-11(12,13)14)10-9(7-15)4-3-5-16-10/h3-5H,2,6-8,15H2,1H3. The Balaban J connectivity index is 2.96. The largest absolute Gasteiger partial charge is 0.405 e. The zero-order valence-electron chi connectivity index (χ0n) is 9.67. The first-order chi connectivity index (χ1) is 7.98. The van der Waals surface area contributed by atoms with Crippen LogP contribution in [0.2, 0.25) is 0 Å². The minimum absolute atomic E-state index is 0.182. The van der Waals surface area contributed by atoms with Gasteiger partial charge in [0.2, 0.25) is 0 Å². The number of alkyl halides is 3. The minimum atomic E-state index is -4.24. The molecule has 1 heterocycles. The van der Waals surface area contributed by atoms with Crippen LogP contribution in [0.25, 0.3) is 0 Å². The Morgan fingerprint density at radius 3 is 2.65 bits per heavy atom. The van der Waals surface area contributed by atoms with Crippen LogP contribution in [0.4, 0.5) is 19.0 Å².